The van der Waals surface area contributed by atoms with Gasteiger partial charge in [0.2, 0.25) is 5.89 Å². The van der Waals surface area contributed by atoms with Crippen LogP contribution < -0.4 is 9.47 Å². The molecule has 0 spiro atoms. The topological polar surface area (TPSA) is 69.9 Å². The van der Waals surface area contributed by atoms with E-state index >= 15 is 0 Å². The number of hydrogen-bond donors (Lipinski definition) is 0. The number of rotatable bonds is 7. The first kappa shape index (κ1) is 17.3. The van der Waals surface area contributed by atoms with Gasteiger partial charge in [-0.05, 0) is 31.9 Å². The third kappa shape index (κ3) is 3.68. The lowest BCUT2D eigenvalue weighted by Gasteiger charge is -2.37. The molecule has 0 unspecified atom stereocenters. The maximum absolute atomic E-state index is 5.93. The van der Waals surface area contributed by atoms with E-state index in [1.165, 1.54) is 0 Å². The van der Waals surface area contributed by atoms with Crippen LogP contribution in [-0.2, 0) is 4.74 Å². The number of aromatic nitrogens is 2. The van der Waals surface area contributed by atoms with Crippen molar-refractivity contribution in [3.05, 3.63) is 36.0 Å². The Morgan fingerprint density at radius 2 is 2.04 bits per heavy atom. The van der Waals surface area contributed by atoms with E-state index < -0.39 is 0 Å². The average molecular weight is 359 g/mol. The molecule has 1 aromatic heterocycles. The molecule has 1 aromatic carbocycles. The van der Waals surface area contributed by atoms with Crippen molar-refractivity contribution >= 4 is 0 Å². The summed E-state index contributed by atoms with van der Waals surface area (Å²) in [6.45, 7) is 4.85. The molecule has 1 aliphatic heterocycles. The molecule has 1 aliphatic carbocycles. The zero-order valence-electron chi connectivity index (χ0n) is 15.3. The quantitative estimate of drug-likeness (QED) is 0.753. The summed E-state index contributed by atoms with van der Waals surface area (Å²) in [4.78, 5) is 6.93. The van der Waals surface area contributed by atoms with Crippen LogP contribution in [0.15, 0.2) is 28.8 Å². The minimum atomic E-state index is -0.0370. The molecule has 0 bridgehead atoms. The molecule has 2 fully saturated rings. The van der Waals surface area contributed by atoms with Crippen molar-refractivity contribution in [2.24, 2.45) is 0 Å². The van der Waals surface area contributed by atoms with Gasteiger partial charge in [0.25, 0.3) is 0 Å². The van der Waals surface area contributed by atoms with Crippen LogP contribution in [0.2, 0.25) is 0 Å². The monoisotopic (exact) mass is 359 g/mol. The summed E-state index contributed by atoms with van der Waals surface area (Å²) in [7, 11) is 1.65. The second-order valence-corrected chi connectivity index (χ2v) is 6.82. The smallest absolute Gasteiger partial charge is 0.246 e. The summed E-state index contributed by atoms with van der Waals surface area (Å²) in [5.41, 5.74) is 0. The Kier molecular flexibility index (Phi) is 5.08. The van der Waals surface area contributed by atoms with Gasteiger partial charge in [-0.25, -0.2) is 0 Å². The maximum Gasteiger partial charge on any atom is 0.246 e. The molecule has 4 rings (SSSR count). The van der Waals surface area contributed by atoms with Crippen molar-refractivity contribution < 1.29 is 18.7 Å². The van der Waals surface area contributed by atoms with E-state index in [4.69, 9.17) is 18.7 Å². The Morgan fingerprint density at radius 1 is 1.23 bits per heavy atom. The molecule has 2 aromatic rings. The fraction of sp³-hybridized carbons (Fsp3) is 0.579. The fourth-order valence-electron chi connectivity index (χ4n) is 3.38. The highest BCUT2D eigenvalue weighted by Crippen LogP contribution is 2.39. The van der Waals surface area contributed by atoms with E-state index in [0.717, 1.165) is 43.3 Å². The van der Waals surface area contributed by atoms with Gasteiger partial charge in [0.05, 0.1) is 19.8 Å². The first-order valence-corrected chi connectivity index (χ1v) is 9.21. The van der Waals surface area contributed by atoms with Crippen LogP contribution in [0, 0.1) is 0 Å². The van der Waals surface area contributed by atoms with Crippen LogP contribution in [0.5, 0.6) is 11.5 Å². The van der Waals surface area contributed by atoms with E-state index in [2.05, 4.69) is 22.0 Å². The molecular weight excluding hydrogens is 334 g/mol. The number of para-hydroxylation sites is 2. The third-order valence-electron chi connectivity index (χ3n) is 4.96. The number of benzene rings is 1. The predicted molar refractivity (Wildman–Crippen MR) is 94.5 cm³/mol. The largest absolute Gasteiger partial charge is 0.493 e. The molecule has 2 heterocycles. The Bertz CT molecular complexity index is 731. The van der Waals surface area contributed by atoms with Gasteiger partial charge < -0.3 is 18.7 Å². The van der Waals surface area contributed by atoms with E-state index in [0.29, 0.717) is 25.0 Å². The van der Waals surface area contributed by atoms with Crippen molar-refractivity contribution in [2.45, 2.75) is 37.8 Å². The van der Waals surface area contributed by atoms with Crippen molar-refractivity contribution in [3.8, 4) is 11.5 Å². The van der Waals surface area contributed by atoms with Crippen molar-refractivity contribution in [1.29, 1.82) is 0 Å². The normalized spacial score (nSPS) is 23.8. The number of nitrogens with zero attached hydrogens (tertiary/aromatic N) is 3. The van der Waals surface area contributed by atoms with Gasteiger partial charge in [-0.1, -0.05) is 17.3 Å². The SMILES string of the molecule is COc1ccccc1OCCN1CCO[C@H](C)[C@H]1c1nc(C2CC2)no1. The molecule has 140 valence electrons. The number of methoxy groups -OCH3 is 1. The van der Waals surface area contributed by atoms with Crippen LogP contribution in [-0.4, -0.2) is 54.6 Å². The molecule has 0 amide bonds. The summed E-state index contributed by atoms with van der Waals surface area (Å²) < 4.78 is 22.7. The number of morpholine rings is 1. The van der Waals surface area contributed by atoms with Crippen molar-refractivity contribution in [1.82, 2.24) is 15.0 Å². The van der Waals surface area contributed by atoms with Gasteiger partial charge in [-0.15, -0.1) is 0 Å². The van der Waals surface area contributed by atoms with Gasteiger partial charge in [0, 0.05) is 19.0 Å². The van der Waals surface area contributed by atoms with Crippen LogP contribution in [0.25, 0.3) is 0 Å². The molecule has 7 nitrogen and oxygen atoms in total. The highest BCUT2D eigenvalue weighted by atomic mass is 16.5. The molecular formula is C19H25N3O4. The zero-order valence-corrected chi connectivity index (χ0v) is 15.3. The van der Waals surface area contributed by atoms with Crippen LogP contribution in [0.4, 0.5) is 0 Å². The molecule has 7 heteroatoms. The van der Waals surface area contributed by atoms with Gasteiger partial charge in [-0.2, -0.15) is 4.98 Å². The Hall–Kier alpha value is -2.12. The lowest BCUT2D eigenvalue weighted by Crippen LogP contribution is -2.45. The van der Waals surface area contributed by atoms with Crippen LogP contribution in [0.1, 0.15) is 43.4 Å². The first-order chi connectivity index (χ1) is 12.8. The third-order valence-corrected chi connectivity index (χ3v) is 4.96. The molecule has 2 atom stereocenters. The van der Waals surface area contributed by atoms with Crippen molar-refractivity contribution in [3.63, 3.8) is 0 Å². The van der Waals surface area contributed by atoms with E-state index in [-0.39, 0.29) is 12.1 Å². The lowest BCUT2D eigenvalue weighted by molar-refractivity contribution is -0.0755. The molecule has 1 saturated carbocycles. The van der Waals surface area contributed by atoms with Gasteiger partial charge in [0.15, 0.2) is 17.3 Å². The summed E-state index contributed by atoms with van der Waals surface area (Å²) in [5.74, 6) is 3.46. The van der Waals surface area contributed by atoms with Gasteiger partial charge >= 0.3 is 0 Å². The zero-order chi connectivity index (χ0) is 17.9. The van der Waals surface area contributed by atoms with E-state index in [1.54, 1.807) is 7.11 Å². The first-order valence-electron chi connectivity index (χ1n) is 9.21. The number of ether oxygens (including phenoxy) is 3. The second-order valence-electron chi connectivity index (χ2n) is 6.82. The molecule has 2 aliphatic rings. The molecule has 0 radical (unpaired) electrons. The second kappa shape index (κ2) is 7.63. The van der Waals surface area contributed by atoms with E-state index in [9.17, 15) is 0 Å². The van der Waals surface area contributed by atoms with Crippen LogP contribution >= 0.6 is 0 Å². The minimum absolute atomic E-state index is 0.00233. The van der Waals surface area contributed by atoms with Crippen molar-refractivity contribution in [2.75, 3.05) is 33.4 Å². The predicted octanol–water partition coefficient (Wildman–Crippen LogP) is 2.80. The van der Waals surface area contributed by atoms with E-state index in [1.807, 2.05) is 24.3 Å². The van der Waals surface area contributed by atoms with Gasteiger partial charge in [-0.3, -0.25) is 4.90 Å². The summed E-state index contributed by atoms with van der Waals surface area (Å²) >= 11 is 0. The fourth-order valence-corrected chi connectivity index (χ4v) is 3.38. The summed E-state index contributed by atoms with van der Waals surface area (Å²) in [6, 6.07) is 7.64. The summed E-state index contributed by atoms with van der Waals surface area (Å²) in [5, 5.41) is 4.16. The maximum atomic E-state index is 5.93. The summed E-state index contributed by atoms with van der Waals surface area (Å²) in [6.07, 6.45) is 2.32. The Balaban J connectivity index is 1.41. The Labute approximate surface area is 153 Å². The lowest BCUT2D eigenvalue weighted by atomic mass is 10.1. The molecule has 0 N–H and O–H groups in total. The van der Waals surface area contributed by atoms with Crippen LogP contribution in [0.3, 0.4) is 0 Å². The standard InChI is InChI=1S/C19H25N3O4/c1-13-17(19-20-18(21-26-19)14-7-8-14)22(9-11-24-13)10-12-25-16-6-4-3-5-15(16)23-2/h3-6,13-14,17H,7-12H2,1-2H3/t13-,17+/m1/s1. The van der Waals surface area contributed by atoms with Gasteiger partial charge in [0.1, 0.15) is 12.6 Å². The molecule has 1 saturated heterocycles. The minimum Gasteiger partial charge on any atom is -0.493 e. The average Bonchev–Trinajstić information content (AvgIpc) is 3.40. The molecule has 26 heavy (non-hydrogen) atoms. The Morgan fingerprint density at radius 3 is 2.81 bits per heavy atom. The highest BCUT2D eigenvalue weighted by Gasteiger charge is 2.37. The number of hydrogen-bond acceptors (Lipinski definition) is 7. The highest BCUT2D eigenvalue weighted by molar-refractivity contribution is 5.39.